The third-order valence-electron chi connectivity index (χ3n) is 6.42. The molecule has 3 aromatic rings. The highest BCUT2D eigenvalue weighted by Gasteiger charge is 2.31. The highest BCUT2D eigenvalue weighted by molar-refractivity contribution is 7.76. The summed E-state index contributed by atoms with van der Waals surface area (Å²) in [6.45, 7) is 2.81. The number of pyridine rings is 1. The summed E-state index contributed by atoms with van der Waals surface area (Å²) in [7, 11) is 1.58. The molecule has 35 heavy (non-hydrogen) atoms. The molecule has 1 saturated carbocycles. The molecule has 0 radical (unpaired) electrons. The largest absolute Gasteiger partial charge is 0.760 e. The van der Waals surface area contributed by atoms with Crippen molar-refractivity contribution >= 4 is 39.9 Å². The van der Waals surface area contributed by atoms with E-state index in [1.54, 1.807) is 31.3 Å². The number of hydrogen-bond donors (Lipinski definition) is 1. The Morgan fingerprint density at radius 1 is 1.23 bits per heavy atom. The van der Waals surface area contributed by atoms with Crippen LogP contribution in [0.3, 0.4) is 0 Å². The van der Waals surface area contributed by atoms with Crippen molar-refractivity contribution in [1.82, 2.24) is 14.6 Å². The molecule has 188 valence electrons. The van der Waals surface area contributed by atoms with E-state index >= 15 is 0 Å². The number of carbonyl (C=O) groups excluding carboxylic acids is 1. The number of nitrogens with zero attached hydrogens (tertiary/aromatic N) is 2. The standard InChI is InChI=1S/C26H32ClN3O4S/c1-3-4-5-6-7-14-30(35(32)33)16-22-20(17-8-9-17)15-21-23(25(31)28-2)24(34-26(21)29-22)18-10-12-19(27)13-11-18/h10-13,15,17H,3-9,14,16H2,1-2H3,(H,28,31)(H,32,33)/p-1. The first kappa shape index (κ1) is 25.8. The molecule has 2 heterocycles. The van der Waals surface area contributed by atoms with Crippen LogP contribution < -0.4 is 5.32 Å². The van der Waals surface area contributed by atoms with Gasteiger partial charge in [0.2, 0.25) is 5.71 Å². The van der Waals surface area contributed by atoms with Crippen molar-refractivity contribution in [1.29, 1.82) is 0 Å². The van der Waals surface area contributed by atoms with E-state index in [4.69, 9.17) is 21.0 Å². The fourth-order valence-corrected chi connectivity index (χ4v) is 5.00. The molecule has 0 saturated heterocycles. The molecule has 1 aliphatic carbocycles. The van der Waals surface area contributed by atoms with Gasteiger partial charge < -0.3 is 14.3 Å². The molecule has 9 heteroatoms. The van der Waals surface area contributed by atoms with Crippen molar-refractivity contribution in [3.05, 3.63) is 52.2 Å². The lowest BCUT2D eigenvalue weighted by Gasteiger charge is -2.24. The number of carbonyl (C=O) groups is 1. The van der Waals surface area contributed by atoms with Crippen molar-refractivity contribution in [3.8, 4) is 11.3 Å². The van der Waals surface area contributed by atoms with E-state index in [1.807, 2.05) is 6.07 Å². The van der Waals surface area contributed by atoms with Gasteiger partial charge in [-0.25, -0.2) is 9.29 Å². The first-order valence-corrected chi connectivity index (χ1v) is 13.6. The number of benzene rings is 1. The SMILES string of the molecule is CCCCCCCN(Cc1nc2oc(-c3ccc(Cl)cc3)c(C(=O)NC)c2cc1C1CC1)S(=O)[O-]. The van der Waals surface area contributed by atoms with Crippen LogP contribution >= 0.6 is 11.6 Å². The first-order valence-electron chi connectivity index (χ1n) is 12.2. The fourth-order valence-electron chi connectivity index (χ4n) is 4.37. The van der Waals surface area contributed by atoms with Gasteiger partial charge in [0.15, 0.2) is 0 Å². The predicted molar refractivity (Wildman–Crippen MR) is 138 cm³/mol. The summed E-state index contributed by atoms with van der Waals surface area (Å²) < 4.78 is 31.6. The van der Waals surface area contributed by atoms with Crippen LogP contribution in [0, 0.1) is 0 Å². The molecule has 1 atom stereocenters. The lowest BCUT2D eigenvalue weighted by Crippen LogP contribution is -2.27. The van der Waals surface area contributed by atoms with Gasteiger partial charge in [-0.1, -0.05) is 44.2 Å². The number of halogens is 1. The summed E-state index contributed by atoms with van der Waals surface area (Å²) in [5.74, 6) is 0.474. The molecule has 0 bridgehead atoms. The normalized spacial score (nSPS) is 14.5. The summed E-state index contributed by atoms with van der Waals surface area (Å²) >= 11 is 3.70. The van der Waals surface area contributed by atoms with Crippen LogP contribution in [0.1, 0.15) is 79.4 Å². The second kappa shape index (κ2) is 11.6. The van der Waals surface area contributed by atoms with Gasteiger partial charge in [0.1, 0.15) is 5.76 Å². The predicted octanol–water partition coefficient (Wildman–Crippen LogP) is 5.95. The Balaban J connectivity index is 1.72. The maximum Gasteiger partial charge on any atom is 0.255 e. The zero-order valence-corrected chi connectivity index (χ0v) is 21.7. The van der Waals surface area contributed by atoms with Crippen molar-refractivity contribution in [3.63, 3.8) is 0 Å². The van der Waals surface area contributed by atoms with E-state index in [9.17, 15) is 13.6 Å². The van der Waals surface area contributed by atoms with Crippen LogP contribution in [0.2, 0.25) is 5.02 Å². The maximum atomic E-state index is 12.9. The summed E-state index contributed by atoms with van der Waals surface area (Å²) in [5, 5.41) is 3.92. The van der Waals surface area contributed by atoms with Gasteiger partial charge in [-0.15, -0.1) is 0 Å². The van der Waals surface area contributed by atoms with Crippen LogP contribution in [0.25, 0.3) is 22.4 Å². The summed E-state index contributed by atoms with van der Waals surface area (Å²) in [5.41, 5.74) is 3.15. The second-order valence-corrected chi connectivity index (χ2v) is 10.4. The van der Waals surface area contributed by atoms with Crippen molar-refractivity contribution in [2.75, 3.05) is 13.6 Å². The van der Waals surface area contributed by atoms with E-state index < -0.39 is 11.3 Å². The molecule has 2 aromatic heterocycles. The molecular weight excluding hydrogens is 486 g/mol. The number of fused-ring (bicyclic) bond motifs is 1. The summed E-state index contributed by atoms with van der Waals surface area (Å²) in [4.78, 5) is 17.6. The van der Waals surface area contributed by atoms with Crippen LogP contribution in [0.5, 0.6) is 0 Å². The quantitative estimate of drug-likeness (QED) is 0.237. The van der Waals surface area contributed by atoms with Gasteiger partial charge in [0, 0.05) is 35.4 Å². The molecule has 1 N–H and O–H groups in total. The lowest BCUT2D eigenvalue weighted by molar-refractivity contribution is 0.0964. The number of amides is 1. The summed E-state index contributed by atoms with van der Waals surface area (Å²) in [6, 6.07) is 9.06. The van der Waals surface area contributed by atoms with Crippen LogP contribution in [-0.4, -0.2) is 37.6 Å². The Labute approximate surface area is 213 Å². The minimum atomic E-state index is -2.35. The Bertz CT molecular complexity index is 1210. The smallest absolute Gasteiger partial charge is 0.255 e. The van der Waals surface area contributed by atoms with Gasteiger partial charge in [-0.2, -0.15) is 0 Å². The molecule has 7 nitrogen and oxygen atoms in total. The van der Waals surface area contributed by atoms with Gasteiger partial charge in [-0.05, 0) is 61.1 Å². The molecule has 1 fully saturated rings. The van der Waals surface area contributed by atoms with E-state index in [0.717, 1.165) is 56.1 Å². The maximum absolute atomic E-state index is 12.9. The van der Waals surface area contributed by atoms with Crippen molar-refractivity contribution < 1.29 is 18.0 Å². The number of hydrogen-bond acceptors (Lipinski definition) is 5. The molecular formula is C26H31ClN3O4S-. The minimum Gasteiger partial charge on any atom is -0.760 e. The van der Waals surface area contributed by atoms with E-state index in [0.29, 0.717) is 45.6 Å². The highest BCUT2D eigenvalue weighted by Crippen LogP contribution is 2.44. The minimum absolute atomic E-state index is 0.192. The number of unbranched alkanes of at least 4 members (excludes halogenated alkanes) is 4. The Morgan fingerprint density at radius 3 is 2.57 bits per heavy atom. The Morgan fingerprint density at radius 2 is 1.94 bits per heavy atom. The Hall–Kier alpha value is -2.26. The number of nitrogens with one attached hydrogen (secondary N) is 1. The van der Waals surface area contributed by atoms with Crippen LogP contribution in [0.4, 0.5) is 0 Å². The van der Waals surface area contributed by atoms with Crippen LogP contribution in [-0.2, 0) is 17.8 Å². The number of furan rings is 1. The van der Waals surface area contributed by atoms with E-state index in [1.165, 1.54) is 4.31 Å². The molecule has 1 unspecified atom stereocenters. The molecule has 1 aromatic carbocycles. The molecule has 0 aliphatic heterocycles. The number of aromatic nitrogens is 1. The van der Waals surface area contributed by atoms with E-state index in [-0.39, 0.29) is 12.5 Å². The number of rotatable bonds is 12. The van der Waals surface area contributed by atoms with Crippen molar-refractivity contribution in [2.24, 2.45) is 0 Å². The monoisotopic (exact) mass is 516 g/mol. The second-order valence-electron chi connectivity index (χ2n) is 9.04. The van der Waals surface area contributed by atoms with E-state index in [2.05, 4.69) is 12.2 Å². The average molecular weight is 517 g/mol. The van der Waals surface area contributed by atoms with Crippen LogP contribution in [0.15, 0.2) is 34.7 Å². The third-order valence-corrected chi connectivity index (χ3v) is 7.41. The van der Waals surface area contributed by atoms with Gasteiger partial charge >= 0.3 is 0 Å². The van der Waals surface area contributed by atoms with Gasteiger partial charge in [0.05, 0.1) is 23.2 Å². The average Bonchev–Trinajstić information content (AvgIpc) is 3.63. The first-order chi connectivity index (χ1) is 16.9. The molecule has 0 spiro atoms. The lowest BCUT2D eigenvalue weighted by atomic mass is 10.0. The fraction of sp³-hybridized carbons (Fsp3) is 0.462. The summed E-state index contributed by atoms with van der Waals surface area (Å²) in [6.07, 6.45) is 7.27. The topological polar surface area (TPSA) is 98.5 Å². The zero-order chi connectivity index (χ0) is 24.9. The van der Waals surface area contributed by atoms with Gasteiger partial charge in [-0.3, -0.25) is 9.00 Å². The molecule has 1 aliphatic rings. The molecule has 1 amide bonds. The molecule has 4 rings (SSSR count). The Kier molecular flexibility index (Phi) is 8.59. The van der Waals surface area contributed by atoms with Crippen molar-refractivity contribution in [2.45, 2.75) is 64.3 Å². The third kappa shape index (κ3) is 6.12. The highest BCUT2D eigenvalue weighted by atomic mass is 35.5. The zero-order valence-electron chi connectivity index (χ0n) is 20.1. The van der Waals surface area contributed by atoms with Gasteiger partial charge in [0.25, 0.3) is 5.91 Å².